The van der Waals surface area contributed by atoms with E-state index in [-0.39, 0.29) is 5.15 Å². The number of nitrogens with one attached hydrogen (secondary N) is 1. The first-order chi connectivity index (χ1) is 9.10. The van der Waals surface area contributed by atoms with Crippen molar-refractivity contribution in [3.8, 4) is 0 Å². The Morgan fingerprint density at radius 1 is 1.53 bits per heavy atom. The molecule has 1 aromatic rings. The number of aromatic nitrogens is 2. The zero-order valence-corrected chi connectivity index (χ0v) is 12.1. The molecule has 0 aliphatic carbocycles. The van der Waals surface area contributed by atoms with Crippen LogP contribution in [0.25, 0.3) is 0 Å². The van der Waals surface area contributed by atoms with Crippen LogP contribution in [0.5, 0.6) is 0 Å². The molecule has 0 radical (unpaired) electrons. The summed E-state index contributed by atoms with van der Waals surface area (Å²) in [5.41, 5.74) is 0.344. The smallest absolute Gasteiger partial charge is 0.156 e. The number of anilines is 1. The summed E-state index contributed by atoms with van der Waals surface area (Å²) >= 11 is 5.95. The van der Waals surface area contributed by atoms with E-state index < -0.39 is 0 Å². The van der Waals surface area contributed by atoms with Crippen molar-refractivity contribution in [1.82, 2.24) is 14.9 Å². The maximum absolute atomic E-state index is 11.0. The van der Waals surface area contributed by atoms with Gasteiger partial charge in [-0.05, 0) is 39.3 Å². The van der Waals surface area contributed by atoms with Crippen molar-refractivity contribution in [3.05, 3.63) is 16.5 Å². The molecule has 0 aromatic carbocycles. The molecular weight excluding hydrogens is 264 g/mol. The van der Waals surface area contributed by atoms with Gasteiger partial charge in [-0.25, -0.2) is 9.97 Å². The van der Waals surface area contributed by atoms with Crippen LogP contribution in [0.4, 0.5) is 5.82 Å². The number of aryl methyl sites for hydroxylation is 1. The Kier molecular flexibility index (Phi) is 4.71. The maximum Gasteiger partial charge on any atom is 0.156 e. The lowest BCUT2D eigenvalue weighted by atomic mass is 9.98. The maximum atomic E-state index is 11.0. The number of likely N-dealkylation sites (tertiary alicyclic amines) is 1. The highest BCUT2D eigenvalue weighted by Crippen LogP contribution is 2.21. The van der Waals surface area contributed by atoms with Gasteiger partial charge in [0, 0.05) is 13.1 Å². The zero-order chi connectivity index (χ0) is 13.8. The Labute approximate surface area is 118 Å². The lowest BCUT2D eigenvalue weighted by Gasteiger charge is -2.29. The summed E-state index contributed by atoms with van der Waals surface area (Å²) in [6.07, 6.45) is 3.12. The molecule has 6 heteroatoms. The zero-order valence-electron chi connectivity index (χ0n) is 11.3. The Bertz CT molecular complexity index is 466. The molecule has 1 fully saturated rings. The highest BCUT2D eigenvalue weighted by molar-refractivity contribution is 6.32. The van der Waals surface area contributed by atoms with E-state index in [0.29, 0.717) is 29.4 Å². The predicted octanol–water partition coefficient (Wildman–Crippen LogP) is 2.00. The van der Waals surface area contributed by atoms with Crippen molar-refractivity contribution in [1.29, 1.82) is 0 Å². The summed E-state index contributed by atoms with van der Waals surface area (Å²) in [7, 11) is 2.13. The summed E-state index contributed by atoms with van der Waals surface area (Å²) in [5.74, 6) is 1.69. The Morgan fingerprint density at radius 3 is 3.00 bits per heavy atom. The monoisotopic (exact) mass is 282 g/mol. The predicted molar refractivity (Wildman–Crippen MR) is 75.9 cm³/mol. The minimum absolute atomic E-state index is 0.214. The molecule has 2 rings (SSSR count). The standard InChI is InChI=1S/C13H19ClN4O/c1-9-16-12(14)11(8-19)13(17-9)15-6-10-4-3-5-18(2)7-10/h8,10H,3-7H2,1-2H3,(H,15,16,17). The number of carbonyl (C=O) groups excluding carboxylic acids is 1. The van der Waals surface area contributed by atoms with Gasteiger partial charge in [0.05, 0.1) is 5.56 Å². The van der Waals surface area contributed by atoms with E-state index in [0.717, 1.165) is 19.6 Å². The molecule has 1 saturated heterocycles. The van der Waals surface area contributed by atoms with Crippen LogP contribution in [0.3, 0.4) is 0 Å². The van der Waals surface area contributed by atoms with Gasteiger partial charge < -0.3 is 10.2 Å². The number of hydrogen-bond donors (Lipinski definition) is 1. The summed E-state index contributed by atoms with van der Waals surface area (Å²) in [6, 6.07) is 0. The van der Waals surface area contributed by atoms with E-state index in [1.54, 1.807) is 6.92 Å². The van der Waals surface area contributed by atoms with Crippen LogP contribution in [-0.4, -0.2) is 47.8 Å². The fraction of sp³-hybridized carbons (Fsp3) is 0.615. The van der Waals surface area contributed by atoms with Crippen molar-refractivity contribution in [2.24, 2.45) is 5.92 Å². The highest BCUT2D eigenvalue weighted by Gasteiger charge is 2.18. The molecule has 1 unspecified atom stereocenters. The van der Waals surface area contributed by atoms with Crippen LogP contribution in [-0.2, 0) is 0 Å². The average Bonchev–Trinajstić information content (AvgIpc) is 2.36. The fourth-order valence-electron chi connectivity index (χ4n) is 2.47. The Balaban J connectivity index is 2.04. The summed E-state index contributed by atoms with van der Waals surface area (Å²) in [4.78, 5) is 21.6. The second-order valence-electron chi connectivity index (χ2n) is 5.09. The molecule has 5 nitrogen and oxygen atoms in total. The second-order valence-corrected chi connectivity index (χ2v) is 5.45. The minimum atomic E-state index is 0.214. The lowest BCUT2D eigenvalue weighted by molar-refractivity contribution is 0.112. The first-order valence-electron chi connectivity index (χ1n) is 6.52. The third-order valence-corrected chi connectivity index (χ3v) is 3.70. The van der Waals surface area contributed by atoms with Gasteiger partial charge in [0.2, 0.25) is 0 Å². The molecule has 19 heavy (non-hydrogen) atoms. The number of rotatable bonds is 4. The summed E-state index contributed by atoms with van der Waals surface area (Å²) < 4.78 is 0. The van der Waals surface area contributed by atoms with E-state index in [1.165, 1.54) is 12.8 Å². The van der Waals surface area contributed by atoms with E-state index in [9.17, 15) is 4.79 Å². The van der Waals surface area contributed by atoms with Gasteiger partial charge >= 0.3 is 0 Å². The van der Waals surface area contributed by atoms with Crippen LogP contribution < -0.4 is 5.32 Å². The van der Waals surface area contributed by atoms with Crippen LogP contribution in [0.15, 0.2) is 0 Å². The molecular formula is C13H19ClN4O. The van der Waals surface area contributed by atoms with Crippen LogP contribution in [0.1, 0.15) is 29.0 Å². The van der Waals surface area contributed by atoms with Crippen LogP contribution in [0, 0.1) is 12.8 Å². The molecule has 1 aliphatic rings. The molecule has 1 N–H and O–H groups in total. The van der Waals surface area contributed by atoms with Crippen molar-refractivity contribution < 1.29 is 4.79 Å². The SMILES string of the molecule is Cc1nc(Cl)c(C=O)c(NCC2CCCN(C)C2)n1. The molecule has 0 saturated carbocycles. The number of carbonyl (C=O) groups is 1. The third kappa shape index (κ3) is 3.64. The average molecular weight is 283 g/mol. The van der Waals surface area contributed by atoms with Crippen LogP contribution in [0.2, 0.25) is 5.15 Å². The molecule has 1 atom stereocenters. The molecule has 2 heterocycles. The van der Waals surface area contributed by atoms with Gasteiger partial charge in [0.1, 0.15) is 16.8 Å². The fourth-order valence-corrected chi connectivity index (χ4v) is 2.72. The first kappa shape index (κ1) is 14.2. The topological polar surface area (TPSA) is 58.1 Å². The highest BCUT2D eigenvalue weighted by atomic mass is 35.5. The van der Waals surface area contributed by atoms with Crippen molar-refractivity contribution in [2.75, 3.05) is 32.0 Å². The Hall–Kier alpha value is -1.20. The van der Waals surface area contributed by atoms with Crippen molar-refractivity contribution >= 4 is 23.7 Å². The van der Waals surface area contributed by atoms with Gasteiger partial charge in [-0.1, -0.05) is 11.6 Å². The van der Waals surface area contributed by atoms with E-state index in [1.807, 2.05) is 0 Å². The Morgan fingerprint density at radius 2 is 2.32 bits per heavy atom. The number of piperidine rings is 1. The van der Waals surface area contributed by atoms with Crippen molar-refractivity contribution in [2.45, 2.75) is 19.8 Å². The van der Waals surface area contributed by atoms with E-state index in [2.05, 4.69) is 27.2 Å². The van der Waals surface area contributed by atoms with Gasteiger partial charge in [-0.15, -0.1) is 0 Å². The largest absolute Gasteiger partial charge is 0.369 e. The van der Waals surface area contributed by atoms with Gasteiger partial charge in [0.15, 0.2) is 6.29 Å². The number of halogens is 1. The molecule has 0 amide bonds. The van der Waals surface area contributed by atoms with Gasteiger partial charge in [-0.2, -0.15) is 0 Å². The summed E-state index contributed by atoms with van der Waals surface area (Å²) in [6.45, 7) is 4.80. The third-order valence-electron chi connectivity index (χ3n) is 3.41. The van der Waals surface area contributed by atoms with E-state index >= 15 is 0 Å². The lowest BCUT2D eigenvalue weighted by Crippen LogP contribution is -2.35. The number of nitrogens with zero attached hydrogens (tertiary/aromatic N) is 3. The number of aldehydes is 1. The molecule has 104 valence electrons. The molecule has 1 aromatic heterocycles. The summed E-state index contributed by atoms with van der Waals surface area (Å²) in [5, 5.41) is 3.46. The molecule has 0 spiro atoms. The number of hydrogen-bond acceptors (Lipinski definition) is 5. The second kappa shape index (κ2) is 6.30. The van der Waals surface area contributed by atoms with E-state index in [4.69, 9.17) is 11.6 Å². The van der Waals surface area contributed by atoms with Crippen molar-refractivity contribution in [3.63, 3.8) is 0 Å². The first-order valence-corrected chi connectivity index (χ1v) is 6.89. The minimum Gasteiger partial charge on any atom is -0.369 e. The quantitative estimate of drug-likeness (QED) is 0.676. The normalized spacial score (nSPS) is 20.3. The molecule has 0 bridgehead atoms. The molecule has 1 aliphatic heterocycles. The van der Waals surface area contributed by atoms with Gasteiger partial charge in [0.25, 0.3) is 0 Å². The van der Waals surface area contributed by atoms with Crippen LogP contribution >= 0.6 is 11.6 Å². The van der Waals surface area contributed by atoms with Gasteiger partial charge in [-0.3, -0.25) is 4.79 Å².